The van der Waals surface area contributed by atoms with E-state index < -0.39 is 6.04 Å². The van der Waals surface area contributed by atoms with Gasteiger partial charge in [0.25, 0.3) is 0 Å². The van der Waals surface area contributed by atoms with E-state index in [0.717, 1.165) is 10.0 Å². The van der Waals surface area contributed by atoms with E-state index in [-0.39, 0.29) is 0 Å². The van der Waals surface area contributed by atoms with E-state index in [1.54, 1.807) is 18.2 Å². The monoisotopic (exact) mass is 282 g/mol. The first-order valence-corrected chi connectivity index (χ1v) is 5.37. The van der Waals surface area contributed by atoms with Crippen LogP contribution in [0.3, 0.4) is 0 Å². The van der Waals surface area contributed by atoms with E-state index in [4.69, 9.17) is 23.3 Å². The number of rotatable bonds is 3. The van der Waals surface area contributed by atoms with Gasteiger partial charge in [-0.1, -0.05) is 39.5 Å². The minimum Gasteiger partial charge on any atom is -0.287 e. The number of nitrogens with zero attached hydrogens (tertiary/aromatic N) is 1. The van der Waals surface area contributed by atoms with Crippen molar-refractivity contribution in [3.8, 4) is 18.4 Å². The molecule has 0 aliphatic rings. The first-order valence-electron chi connectivity index (χ1n) is 4.20. The molecular formula is C11H8BrClN2. The first kappa shape index (κ1) is 12.1. The first-order chi connectivity index (χ1) is 7.19. The highest BCUT2D eigenvalue weighted by molar-refractivity contribution is 9.10. The third-order valence-corrected chi connectivity index (χ3v) is 2.73. The van der Waals surface area contributed by atoms with Crippen molar-refractivity contribution in [3.05, 3.63) is 33.3 Å². The van der Waals surface area contributed by atoms with Gasteiger partial charge < -0.3 is 0 Å². The van der Waals surface area contributed by atoms with Crippen LogP contribution in [-0.4, -0.2) is 6.54 Å². The van der Waals surface area contributed by atoms with Crippen molar-refractivity contribution in [1.29, 1.82) is 5.26 Å². The highest BCUT2D eigenvalue weighted by Gasteiger charge is 2.12. The summed E-state index contributed by atoms with van der Waals surface area (Å²) in [5.41, 5.74) is 0.831. The molecule has 1 unspecified atom stereocenters. The number of benzene rings is 1. The van der Waals surface area contributed by atoms with Crippen LogP contribution in [0.1, 0.15) is 11.6 Å². The summed E-state index contributed by atoms with van der Waals surface area (Å²) in [6, 6.07) is 6.99. The zero-order valence-electron chi connectivity index (χ0n) is 7.80. The summed E-state index contributed by atoms with van der Waals surface area (Å²) >= 11 is 9.16. The fraction of sp³-hybridized carbons (Fsp3) is 0.182. The Kier molecular flexibility index (Phi) is 4.65. The van der Waals surface area contributed by atoms with Gasteiger partial charge in [-0.3, -0.25) is 5.32 Å². The second-order valence-corrected chi connectivity index (χ2v) is 4.10. The Labute approximate surface area is 102 Å². The van der Waals surface area contributed by atoms with Crippen molar-refractivity contribution in [1.82, 2.24) is 5.32 Å². The molecule has 0 heterocycles. The molecule has 0 fully saturated rings. The lowest BCUT2D eigenvalue weighted by molar-refractivity contribution is 0.688. The van der Waals surface area contributed by atoms with Gasteiger partial charge in [0, 0.05) is 9.50 Å². The molecule has 2 nitrogen and oxygen atoms in total. The lowest BCUT2D eigenvalue weighted by Gasteiger charge is -2.11. The maximum Gasteiger partial charge on any atom is 0.123 e. The Morgan fingerprint density at radius 2 is 2.33 bits per heavy atom. The lowest BCUT2D eigenvalue weighted by Crippen LogP contribution is -2.20. The Morgan fingerprint density at radius 1 is 1.60 bits per heavy atom. The molecule has 1 rings (SSSR count). The van der Waals surface area contributed by atoms with Crippen molar-refractivity contribution in [2.45, 2.75) is 6.04 Å². The number of nitriles is 1. The molecule has 1 aromatic rings. The Bertz CT molecular complexity index is 431. The Morgan fingerprint density at radius 3 is 2.87 bits per heavy atom. The molecule has 1 aromatic carbocycles. The molecule has 0 bridgehead atoms. The normalized spacial score (nSPS) is 11.5. The number of halogens is 2. The lowest BCUT2D eigenvalue weighted by atomic mass is 10.1. The second-order valence-electron chi connectivity index (χ2n) is 2.81. The molecular weight excluding hydrogens is 275 g/mol. The van der Waals surface area contributed by atoms with Gasteiger partial charge in [0.15, 0.2) is 0 Å². The van der Waals surface area contributed by atoms with E-state index in [1.165, 1.54) is 0 Å². The van der Waals surface area contributed by atoms with Crippen LogP contribution in [0.4, 0.5) is 0 Å². The van der Waals surface area contributed by atoms with E-state index >= 15 is 0 Å². The van der Waals surface area contributed by atoms with Gasteiger partial charge >= 0.3 is 0 Å². The molecule has 0 radical (unpaired) electrons. The molecule has 0 spiro atoms. The van der Waals surface area contributed by atoms with Gasteiger partial charge in [0.1, 0.15) is 6.04 Å². The van der Waals surface area contributed by atoms with Crippen molar-refractivity contribution < 1.29 is 0 Å². The second kappa shape index (κ2) is 5.78. The number of terminal acetylenes is 1. The Balaban J connectivity index is 2.94. The predicted octanol–water partition coefficient (Wildman–Crippen LogP) is 2.89. The SMILES string of the molecule is C#CCNC(C#N)c1ccc(Cl)cc1Br. The zero-order chi connectivity index (χ0) is 11.3. The topological polar surface area (TPSA) is 35.8 Å². The Hall–Kier alpha value is -1.000. The molecule has 4 heteroatoms. The van der Waals surface area contributed by atoms with Gasteiger partial charge in [-0.15, -0.1) is 6.42 Å². The van der Waals surface area contributed by atoms with Gasteiger partial charge in [0.05, 0.1) is 12.6 Å². The highest BCUT2D eigenvalue weighted by Crippen LogP contribution is 2.26. The molecule has 76 valence electrons. The average molecular weight is 284 g/mol. The molecule has 0 aliphatic carbocycles. The van der Waals surface area contributed by atoms with Crippen LogP contribution < -0.4 is 5.32 Å². The van der Waals surface area contributed by atoms with Gasteiger partial charge in [0.2, 0.25) is 0 Å². The molecule has 1 atom stereocenters. The van der Waals surface area contributed by atoms with Crippen LogP contribution in [0.15, 0.2) is 22.7 Å². The third kappa shape index (κ3) is 3.25. The van der Waals surface area contributed by atoms with Crippen LogP contribution in [0, 0.1) is 23.7 Å². The van der Waals surface area contributed by atoms with E-state index in [0.29, 0.717) is 11.6 Å². The maximum atomic E-state index is 8.96. The molecule has 0 aliphatic heterocycles. The fourth-order valence-electron chi connectivity index (χ4n) is 1.12. The van der Waals surface area contributed by atoms with Crippen LogP contribution in [0.5, 0.6) is 0 Å². The van der Waals surface area contributed by atoms with Crippen molar-refractivity contribution in [2.75, 3.05) is 6.54 Å². The summed E-state index contributed by atoms with van der Waals surface area (Å²) in [4.78, 5) is 0. The van der Waals surface area contributed by atoms with E-state index in [1.807, 2.05) is 0 Å². The van der Waals surface area contributed by atoms with Crippen LogP contribution in [0.2, 0.25) is 5.02 Å². The summed E-state index contributed by atoms with van der Waals surface area (Å²) in [5.74, 6) is 2.43. The summed E-state index contributed by atoms with van der Waals surface area (Å²) in [5, 5.41) is 12.5. The third-order valence-electron chi connectivity index (χ3n) is 1.81. The number of hydrogen-bond acceptors (Lipinski definition) is 2. The van der Waals surface area contributed by atoms with Crippen LogP contribution in [0.25, 0.3) is 0 Å². The molecule has 0 amide bonds. The number of hydrogen-bond donors (Lipinski definition) is 1. The minimum atomic E-state index is -0.423. The summed E-state index contributed by atoms with van der Waals surface area (Å²) in [6.45, 7) is 0.354. The molecule has 15 heavy (non-hydrogen) atoms. The predicted molar refractivity (Wildman–Crippen MR) is 64.3 cm³/mol. The van der Waals surface area contributed by atoms with Crippen molar-refractivity contribution >= 4 is 27.5 Å². The quantitative estimate of drug-likeness (QED) is 0.866. The smallest absolute Gasteiger partial charge is 0.123 e. The largest absolute Gasteiger partial charge is 0.287 e. The summed E-state index contributed by atoms with van der Waals surface area (Å²) in [6.07, 6.45) is 5.12. The summed E-state index contributed by atoms with van der Waals surface area (Å²) < 4.78 is 0.797. The van der Waals surface area contributed by atoms with Crippen molar-refractivity contribution in [2.24, 2.45) is 0 Å². The fourth-order valence-corrected chi connectivity index (χ4v) is 2.03. The molecule has 0 aromatic heterocycles. The molecule has 0 saturated heterocycles. The van der Waals surface area contributed by atoms with Gasteiger partial charge in [-0.05, 0) is 17.7 Å². The van der Waals surface area contributed by atoms with Gasteiger partial charge in [-0.25, -0.2) is 0 Å². The average Bonchev–Trinajstić information content (AvgIpc) is 2.21. The maximum absolute atomic E-state index is 8.96. The zero-order valence-corrected chi connectivity index (χ0v) is 10.1. The van der Waals surface area contributed by atoms with Crippen molar-refractivity contribution in [3.63, 3.8) is 0 Å². The van der Waals surface area contributed by atoms with E-state index in [2.05, 4.69) is 33.2 Å². The highest BCUT2D eigenvalue weighted by atomic mass is 79.9. The van der Waals surface area contributed by atoms with Crippen LogP contribution in [-0.2, 0) is 0 Å². The van der Waals surface area contributed by atoms with Crippen LogP contribution >= 0.6 is 27.5 Å². The van der Waals surface area contributed by atoms with E-state index in [9.17, 15) is 0 Å². The summed E-state index contributed by atoms with van der Waals surface area (Å²) in [7, 11) is 0. The number of nitrogens with one attached hydrogen (secondary N) is 1. The van der Waals surface area contributed by atoms with Gasteiger partial charge in [-0.2, -0.15) is 5.26 Å². The molecule has 1 N–H and O–H groups in total. The standard InChI is InChI=1S/C11H8BrClN2/c1-2-5-15-11(7-14)9-4-3-8(13)6-10(9)12/h1,3-4,6,11,15H,5H2. The molecule has 0 saturated carbocycles. The minimum absolute atomic E-state index is 0.354.